The van der Waals surface area contributed by atoms with Crippen molar-refractivity contribution in [3.8, 4) is 0 Å². The van der Waals surface area contributed by atoms with E-state index in [4.69, 9.17) is 0 Å². The summed E-state index contributed by atoms with van der Waals surface area (Å²) in [4.78, 5) is 0. The van der Waals surface area contributed by atoms with E-state index in [9.17, 15) is 8.42 Å². The summed E-state index contributed by atoms with van der Waals surface area (Å²) in [5, 5.41) is 0. The van der Waals surface area contributed by atoms with Gasteiger partial charge in [-0.2, -0.15) is 13.1 Å². The molecule has 0 unspecified atom stereocenters. The van der Waals surface area contributed by atoms with Crippen LogP contribution in [0.3, 0.4) is 0 Å². The second kappa shape index (κ2) is 5.82. The third kappa shape index (κ3) is 4.49. The Morgan fingerprint density at radius 2 is 1.73 bits per heavy atom. The van der Waals surface area contributed by atoms with Gasteiger partial charge in [-0.05, 0) is 31.6 Å². The molecule has 1 aliphatic rings. The van der Waals surface area contributed by atoms with Crippen molar-refractivity contribution in [3.05, 3.63) is 0 Å². The number of hydrogen-bond donors (Lipinski definition) is 2. The molecule has 15 heavy (non-hydrogen) atoms. The van der Waals surface area contributed by atoms with E-state index in [2.05, 4.69) is 16.4 Å². The van der Waals surface area contributed by atoms with E-state index in [1.54, 1.807) is 6.92 Å². The summed E-state index contributed by atoms with van der Waals surface area (Å²) in [5.74, 6) is 0.796. The molecule has 0 spiro atoms. The Morgan fingerprint density at radius 1 is 1.13 bits per heavy atom. The van der Waals surface area contributed by atoms with Crippen LogP contribution in [0, 0.1) is 5.92 Å². The van der Waals surface area contributed by atoms with Gasteiger partial charge in [0.05, 0.1) is 0 Å². The smallest absolute Gasteiger partial charge is 0.203 e. The van der Waals surface area contributed by atoms with Crippen LogP contribution in [0.2, 0.25) is 0 Å². The van der Waals surface area contributed by atoms with Crippen LogP contribution in [-0.2, 0) is 10.2 Å². The number of nitrogens with one attached hydrogen (secondary N) is 2. The minimum Gasteiger partial charge on any atom is -0.203 e. The summed E-state index contributed by atoms with van der Waals surface area (Å²) >= 11 is 0. The van der Waals surface area contributed by atoms with Crippen molar-refractivity contribution in [2.75, 3.05) is 6.54 Å². The molecular formula is C10H22N2O2S. The number of rotatable bonds is 5. The maximum absolute atomic E-state index is 11.4. The molecule has 1 rings (SSSR count). The Balaban J connectivity index is 2.35. The first-order chi connectivity index (χ1) is 7.07. The minimum absolute atomic E-state index is 0.136. The molecule has 0 aromatic rings. The fraction of sp³-hybridized carbons (Fsp3) is 1.00. The van der Waals surface area contributed by atoms with Gasteiger partial charge in [0.25, 0.3) is 10.2 Å². The zero-order valence-corrected chi connectivity index (χ0v) is 10.4. The summed E-state index contributed by atoms with van der Waals surface area (Å²) in [6.07, 6.45) is 5.46. The van der Waals surface area contributed by atoms with Crippen LogP contribution in [0.4, 0.5) is 0 Å². The van der Waals surface area contributed by atoms with Crippen molar-refractivity contribution in [2.24, 2.45) is 5.92 Å². The fourth-order valence-corrected chi connectivity index (χ4v) is 3.28. The molecule has 4 nitrogen and oxygen atoms in total. The SMILES string of the molecule is CCNS(=O)(=O)NC1CCC(CC)CC1. The van der Waals surface area contributed by atoms with Gasteiger partial charge < -0.3 is 0 Å². The largest absolute Gasteiger partial charge is 0.277 e. The Morgan fingerprint density at radius 3 is 2.20 bits per heavy atom. The molecule has 1 saturated carbocycles. The van der Waals surface area contributed by atoms with Gasteiger partial charge in [0.15, 0.2) is 0 Å². The summed E-state index contributed by atoms with van der Waals surface area (Å²) in [6, 6.07) is 0.136. The summed E-state index contributed by atoms with van der Waals surface area (Å²) in [7, 11) is -3.26. The molecule has 0 heterocycles. The van der Waals surface area contributed by atoms with Crippen LogP contribution in [-0.4, -0.2) is 21.0 Å². The first-order valence-corrected chi connectivity index (χ1v) is 7.32. The van der Waals surface area contributed by atoms with Crippen molar-refractivity contribution in [1.82, 2.24) is 9.44 Å². The van der Waals surface area contributed by atoms with E-state index < -0.39 is 10.2 Å². The van der Waals surface area contributed by atoms with E-state index in [1.807, 2.05) is 0 Å². The molecular weight excluding hydrogens is 212 g/mol. The number of hydrogen-bond acceptors (Lipinski definition) is 2. The molecule has 1 fully saturated rings. The monoisotopic (exact) mass is 234 g/mol. The highest BCUT2D eigenvalue weighted by atomic mass is 32.2. The van der Waals surface area contributed by atoms with Gasteiger partial charge in [0.1, 0.15) is 0 Å². The van der Waals surface area contributed by atoms with E-state index in [-0.39, 0.29) is 6.04 Å². The summed E-state index contributed by atoms with van der Waals surface area (Å²) in [6.45, 7) is 4.43. The predicted molar refractivity (Wildman–Crippen MR) is 61.8 cm³/mol. The van der Waals surface area contributed by atoms with Gasteiger partial charge in [-0.1, -0.05) is 20.3 Å². The summed E-state index contributed by atoms with van der Waals surface area (Å²) < 4.78 is 28.0. The average Bonchev–Trinajstić information content (AvgIpc) is 2.18. The lowest BCUT2D eigenvalue weighted by atomic mass is 9.85. The van der Waals surface area contributed by atoms with Crippen LogP contribution < -0.4 is 9.44 Å². The average molecular weight is 234 g/mol. The highest BCUT2D eigenvalue weighted by molar-refractivity contribution is 7.87. The molecule has 0 amide bonds. The zero-order valence-electron chi connectivity index (χ0n) is 9.62. The third-order valence-corrected chi connectivity index (χ3v) is 4.39. The first kappa shape index (κ1) is 12.9. The van der Waals surface area contributed by atoms with Gasteiger partial charge in [-0.15, -0.1) is 0 Å². The topological polar surface area (TPSA) is 58.2 Å². The lowest BCUT2D eigenvalue weighted by Gasteiger charge is -2.28. The van der Waals surface area contributed by atoms with Gasteiger partial charge in [0.2, 0.25) is 0 Å². The molecule has 5 heteroatoms. The van der Waals surface area contributed by atoms with Crippen LogP contribution in [0.5, 0.6) is 0 Å². The van der Waals surface area contributed by atoms with Crippen molar-refractivity contribution >= 4 is 10.2 Å². The van der Waals surface area contributed by atoms with E-state index >= 15 is 0 Å². The minimum atomic E-state index is -3.26. The third-order valence-electron chi connectivity index (χ3n) is 3.08. The molecule has 0 aromatic heterocycles. The Bertz CT molecular complexity index is 269. The highest BCUT2D eigenvalue weighted by Crippen LogP contribution is 2.26. The van der Waals surface area contributed by atoms with Crippen molar-refractivity contribution in [1.29, 1.82) is 0 Å². The molecule has 0 aliphatic heterocycles. The standard InChI is InChI=1S/C10H22N2O2S/c1-3-9-5-7-10(8-6-9)12-15(13,14)11-4-2/h9-12H,3-8H2,1-2H3. The lowest BCUT2D eigenvalue weighted by molar-refractivity contribution is 0.306. The van der Waals surface area contributed by atoms with Crippen molar-refractivity contribution in [3.63, 3.8) is 0 Å². The van der Waals surface area contributed by atoms with E-state index in [0.29, 0.717) is 6.54 Å². The molecule has 0 bridgehead atoms. The first-order valence-electron chi connectivity index (χ1n) is 5.84. The lowest BCUT2D eigenvalue weighted by Crippen LogP contribution is -2.44. The molecule has 1 aliphatic carbocycles. The second-order valence-corrected chi connectivity index (χ2v) is 5.78. The van der Waals surface area contributed by atoms with Crippen LogP contribution >= 0.6 is 0 Å². The Hall–Kier alpha value is -0.130. The van der Waals surface area contributed by atoms with E-state index in [0.717, 1.165) is 31.6 Å². The van der Waals surface area contributed by atoms with Gasteiger partial charge in [0, 0.05) is 12.6 Å². The summed E-state index contributed by atoms with van der Waals surface area (Å²) in [5.41, 5.74) is 0. The van der Waals surface area contributed by atoms with Gasteiger partial charge in [-0.3, -0.25) is 0 Å². The zero-order chi connectivity index (χ0) is 11.3. The van der Waals surface area contributed by atoms with Gasteiger partial charge in [-0.25, -0.2) is 4.72 Å². The van der Waals surface area contributed by atoms with Crippen molar-refractivity contribution < 1.29 is 8.42 Å². The maximum atomic E-state index is 11.4. The molecule has 0 saturated heterocycles. The fourth-order valence-electron chi connectivity index (χ4n) is 2.14. The van der Waals surface area contributed by atoms with Crippen LogP contribution in [0.25, 0.3) is 0 Å². The molecule has 0 radical (unpaired) electrons. The quantitative estimate of drug-likeness (QED) is 0.755. The molecule has 0 atom stereocenters. The van der Waals surface area contributed by atoms with Crippen LogP contribution in [0.1, 0.15) is 46.0 Å². The maximum Gasteiger partial charge on any atom is 0.277 e. The van der Waals surface area contributed by atoms with Crippen LogP contribution in [0.15, 0.2) is 0 Å². The highest BCUT2D eigenvalue weighted by Gasteiger charge is 2.23. The normalized spacial score (nSPS) is 27.9. The van der Waals surface area contributed by atoms with Crippen molar-refractivity contribution in [2.45, 2.75) is 52.0 Å². The van der Waals surface area contributed by atoms with E-state index in [1.165, 1.54) is 6.42 Å². The Kier molecular flexibility index (Phi) is 5.02. The Labute approximate surface area is 93.0 Å². The van der Waals surface area contributed by atoms with Gasteiger partial charge >= 0.3 is 0 Å². The molecule has 0 aromatic carbocycles. The predicted octanol–water partition coefficient (Wildman–Crippen LogP) is 1.40. The second-order valence-electron chi connectivity index (χ2n) is 4.25. The molecule has 90 valence electrons. The molecule has 2 N–H and O–H groups in total.